The lowest BCUT2D eigenvalue weighted by atomic mass is 10.1. The van der Waals surface area contributed by atoms with E-state index in [9.17, 15) is 17.6 Å². The molecule has 0 heterocycles. The van der Waals surface area contributed by atoms with Crippen LogP contribution < -0.4 is 10.6 Å². The van der Waals surface area contributed by atoms with Gasteiger partial charge in [-0.15, -0.1) is 0 Å². The molecule has 3 N–H and O–H groups in total. The Morgan fingerprint density at radius 3 is 2.47 bits per heavy atom. The second-order valence-corrected chi connectivity index (χ2v) is 4.23. The topological polar surface area (TPSA) is 49.5 Å². The molecule has 1 aromatic carbocycles. The summed E-state index contributed by atoms with van der Waals surface area (Å²) in [7, 11) is 0. The number of alkyl halides is 3. The number of benzene rings is 1. The minimum atomic E-state index is -4.46. The van der Waals surface area contributed by atoms with Gasteiger partial charge in [0.05, 0.1) is 6.61 Å². The molecule has 106 valence electrons. The maximum Gasteiger partial charge on any atom is 0.405 e. The number of halogens is 4. The van der Waals surface area contributed by atoms with Crippen LogP contribution in [0, 0.1) is 5.82 Å². The first-order valence-electron chi connectivity index (χ1n) is 5.26. The van der Waals surface area contributed by atoms with Crippen LogP contribution in [0.4, 0.5) is 23.2 Å². The van der Waals surface area contributed by atoms with Crippen molar-refractivity contribution < 1.29 is 22.7 Å². The zero-order valence-corrected chi connectivity index (χ0v) is 10.6. The van der Waals surface area contributed by atoms with Gasteiger partial charge in [-0.05, 0) is 18.2 Å². The van der Waals surface area contributed by atoms with Gasteiger partial charge < -0.3 is 15.7 Å². The van der Waals surface area contributed by atoms with E-state index in [0.717, 1.165) is 23.1 Å². The highest BCUT2D eigenvalue weighted by Gasteiger charge is 2.31. The van der Waals surface area contributed by atoms with Crippen molar-refractivity contribution in [3.8, 4) is 0 Å². The number of hydrogen-bond donors (Lipinski definition) is 2. The summed E-state index contributed by atoms with van der Waals surface area (Å²) in [5, 5.41) is 8.83. The average Bonchev–Trinajstić information content (AvgIpc) is 2.26. The van der Waals surface area contributed by atoms with Crippen LogP contribution in [-0.2, 0) is 0 Å². The molecule has 0 atom stereocenters. The van der Waals surface area contributed by atoms with Crippen molar-refractivity contribution in [1.29, 1.82) is 0 Å². The lowest BCUT2D eigenvalue weighted by Gasteiger charge is -2.27. The van der Waals surface area contributed by atoms with Crippen LogP contribution in [0.3, 0.4) is 0 Å². The van der Waals surface area contributed by atoms with E-state index in [2.05, 4.69) is 0 Å². The van der Waals surface area contributed by atoms with Crippen LogP contribution in [0.1, 0.15) is 5.56 Å². The smallest absolute Gasteiger partial charge is 0.395 e. The molecule has 1 rings (SSSR count). The predicted octanol–water partition coefficient (Wildman–Crippen LogP) is 1.82. The van der Waals surface area contributed by atoms with Gasteiger partial charge in [0.25, 0.3) is 0 Å². The molecule has 0 aliphatic rings. The standard InChI is InChI=1S/C11H12F4N2OS/c12-7-1-2-9(8(5-7)10(16)19)17(3-4-18)6-11(13,14)15/h1-2,5,18H,3-4,6H2,(H2,16,19). The molecule has 8 heteroatoms. The molecule has 0 unspecified atom stereocenters. The molecule has 0 saturated heterocycles. The Kier molecular flexibility index (Phi) is 5.07. The van der Waals surface area contributed by atoms with Crippen LogP contribution in [0.2, 0.25) is 0 Å². The highest BCUT2D eigenvalue weighted by atomic mass is 32.1. The maximum absolute atomic E-state index is 13.1. The third-order valence-electron chi connectivity index (χ3n) is 2.30. The summed E-state index contributed by atoms with van der Waals surface area (Å²) in [6.45, 7) is -2.03. The Morgan fingerprint density at radius 1 is 1.37 bits per heavy atom. The van der Waals surface area contributed by atoms with E-state index in [1.165, 1.54) is 0 Å². The molecule has 0 aliphatic carbocycles. The Hall–Kier alpha value is -1.41. The second kappa shape index (κ2) is 6.16. The van der Waals surface area contributed by atoms with Crippen molar-refractivity contribution in [3.63, 3.8) is 0 Å². The summed E-state index contributed by atoms with van der Waals surface area (Å²) in [5.74, 6) is -0.650. The molecule has 0 bridgehead atoms. The van der Waals surface area contributed by atoms with Crippen LogP contribution in [-0.4, -0.2) is 36.0 Å². The molecule has 3 nitrogen and oxygen atoms in total. The molecule has 0 spiro atoms. The SMILES string of the molecule is NC(=S)c1cc(F)ccc1N(CCO)CC(F)(F)F. The fourth-order valence-corrected chi connectivity index (χ4v) is 1.77. The van der Waals surface area contributed by atoms with Gasteiger partial charge >= 0.3 is 6.18 Å². The van der Waals surface area contributed by atoms with Crippen LogP contribution >= 0.6 is 12.2 Å². The van der Waals surface area contributed by atoms with E-state index in [1.807, 2.05) is 0 Å². The summed E-state index contributed by atoms with van der Waals surface area (Å²) in [6.07, 6.45) is -4.46. The van der Waals surface area contributed by atoms with E-state index in [4.69, 9.17) is 23.1 Å². The number of thiocarbonyl (C=S) groups is 1. The van der Waals surface area contributed by atoms with Gasteiger partial charge in [-0.1, -0.05) is 12.2 Å². The van der Waals surface area contributed by atoms with Crippen molar-refractivity contribution >= 4 is 22.9 Å². The van der Waals surface area contributed by atoms with Crippen molar-refractivity contribution in [2.45, 2.75) is 6.18 Å². The summed E-state index contributed by atoms with van der Waals surface area (Å²) in [6, 6.07) is 3.14. The van der Waals surface area contributed by atoms with Gasteiger partial charge in [0, 0.05) is 17.8 Å². The van der Waals surface area contributed by atoms with Crippen molar-refractivity contribution in [1.82, 2.24) is 0 Å². The van der Waals surface area contributed by atoms with Gasteiger partial charge in [0.2, 0.25) is 0 Å². The molecule has 0 saturated carbocycles. The molecular formula is C11H12F4N2OS. The molecule has 0 radical (unpaired) electrons. The Morgan fingerprint density at radius 2 is 2.00 bits per heavy atom. The average molecular weight is 296 g/mol. The monoisotopic (exact) mass is 296 g/mol. The second-order valence-electron chi connectivity index (χ2n) is 3.79. The van der Waals surface area contributed by atoms with E-state index in [1.54, 1.807) is 0 Å². The van der Waals surface area contributed by atoms with Gasteiger partial charge in [0.15, 0.2) is 0 Å². The van der Waals surface area contributed by atoms with E-state index >= 15 is 0 Å². The molecule has 0 aromatic heterocycles. The largest absolute Gasteiger partial charge is 0.405 e. The number of aliphatic hydroxyl groups excluding tert-OH is 1. The third kappa shape index (κ3) is 4.64. The third-order valence-corrected chi connectivity index (χ3v) is 2.52. The quantitative estimate of drug-likeness (QED) is 0.643. The van der Waals surface area contributed by atoms with Gasteiger partial charge in [-0.25, -0.2) is 4.39 Å². The Bertz CT molecular complexity index is 464. The van der Waals surface area contributed by atoms with Gasteiger partial charge in [-0.2, -0.15) is 13.2 Å². The van der Waals surface area contributed by atoms with Crippen LogP contribution in [0.5, 0.6) is 0 Å². The molecule has 0 fully saturated rings. The molecular weight excluding hydrogens is 284 g/mol. The molecule has 1 aromatic rings. The fourth-order valence-electron chi connectivity index (χ4n) is 1.60. The van der Waals surface area contributed by atoms with Crippen molar-refractivity contribution in [2.24, 2.45) is 5.73 Å². The molecule has 19 heavy (non-hydrogen) atoms. The lowest BCUT2D eigenvalue weighted by Crippen LogP contribution is -2.37. The zero-order chi connectivity index (χ0) is 14.6. The van der Waals surface area contributed by atoms with Gasteiger partial charge in [0.1, 0.15) is 17.4 Å². The number of hydrogen-bond acceptors (Lipinski definition) is 3. The summed E-state index contributed by atoms with van der Waals surface area (Å²) >= 11 is 4.69. The first-order chi connectivity index (χ1) is 8.74. The molecule has 0 amide bonds. The number of nitrogens with two attached hydrogens (primary N) is 1. The first kappa shape index (κ1) is 15.6. The number of aliphatic hydroxyl groups is 1. The number of rotatable bonds is 5. The van der Waals surface area contributed by atoms with Crippen LogP contribution in [0.15, 0.2) is 18.2 Å². The summed E-state index contributed by atoms with van der Waals surface area (Å²) in [4.78, 5) is 0.646. The van der Waals surface area contributed by atoms with Crippen molar-refractivity contribution in [2.75, 3.05) is 24.6 Å². The zero-order valence-electron chi connectivity index (χ0n) is 9.75. The predicted molar refractivity (Wildman–Crippen MR) is 67.6 cm³/mol. The first-order valence-corrected chi connectivity index (χ1v) is 5.67. The Labute approximate surface area is 112 Å². The maximum atomic E-state index is 13.1. The lowest BCUT2D eigenvalue weighted by molar-refractivity contribution is -0.119. The Balaban J connectivity index is 3.18. The minimum absolute atomic E-state index is 0.00713. The highest BCUT2D eigenvalue weighted by Crippen LogP contribution is 2.26. The van der Waals surface area contributed by atoms with E-state index < -0.39 is 25.1 Å². The van der Waals surface area contributed by atoms with Gasteiger partial charge in [-0.3, -0.25) is 0 Å². The van der Waals surface area contributed by atoms with E-state index in [0.29, 0.717) is 0 Å². The van der Waals surface area contributed by atoms with Crippen LogP contribution in [0.25, 0.3) is 0 Å². The number of nitrogens with zero attached hydrogens (tertiary/aromatic N) is 1. The van der Waals surface area contributed by atoms with Crippen molar-refractivity contribution in [3.05, 3.63) is 29.6 Å². The summed E-state index contributed by atoms with van der Waals surface area (Å²) in [5.41, 5.74) is 5.42. The normalized spacial score (nSPS) is 11.4. The summed E-state index contributed by atoms with van der Waals surface area (Å²) < 4.78 is 50.5. The fraction of sp³-hybridized carbons (Fsp3) is 0.364. The number of anilines is 1. The highest BCUT2D eigenvalue weighted by molar-refractivity contribution is 7.80. The minimum Gasteiger partial charge on any atom is -0.395 e. The van der Waals surface area contributed by atoms with E-state index in [-0.39, 0.29) is 22.8 Å². The molecule has 0 aliphatic heterocycles.